The molecule has 9 nitrogen and oxygen atoms in total. The SMILES string of the molecule is CN(C)c1cncc(OC2CCN(C(=O)c3cnn4c3OCCC4)C2)n1. The number of likely N-dealkylation sites (tertiary alicyclic amines) is 1. The minimum absolute atomic E-state index is 0.0626. The molecule has 2 aromatic heterocycles. The fourth-order valence-electron chi connectivity index (χ4n) is 3.18. The maximum atomic E-state index is 12.8. The van der Waals surface area contributed by atoms with E-state index < -0.39 is 0 Å². The Bertz CT molecular complexity index is 806. The molecule has 4 rings (SSSR count). The van der Waals surface area contributed by atoms with E-state index in [0.29, 0.717) is 37.0 Å². The summed E-state index contributed by atoms with van der Waals surface area (Å²) in [6, 6.07) is 0. The lowest BCUT2D eigenvalue weighted by atomic mass is 10.3. The van der Waals surface area contributed by atoms with Crippen molar-refractivity contribution in [1.82, 2.24) is 24.6 Å². The summed E-state index contributed by atoms with van der Waals surface area (Å²) >= 11 is 0. The van der Waals surface area contributed by atoms with E-state index in [0.717, 1.165) is 25.2 Å². The van der Waals surface area contributed by atoms with Crippen molar-refractivity contribution in [3.63, 3.8) is 0 Å². The van der Waals surface area contributed by atoms with Gasteiger partial charge < -0.3 is 19.3 Å². The van der Waals surface area contributed by atoms with Crippen molar-refractivity contribution >= 4 is 11.7 Å². The van der Waals surface area contributed by atoms with Crippen LogP contribution >= 0.6 is 0 Å². The lowest BCUT2D eigenvalue weighted by Gasteiger charge is -2.19. The van der Waals surface area contributed by atoms with Gasteiger partial charge in [0, 0.05) is 40.0 Å². The molecule has 1 saturated heterocycles. The first-order chi connectivity index (χ1) is 12.6. The standard InChI is InChI=1S/C17H22N6O3/c1-21(2)14-9-18-10-15(20-14)26-12-4-6-22(11-12)16(24)13-8-19-23-5-3-7-25-17(13)23/h8-10,12H,3-7,11H2,1-2H3. The van der Waals surface area contributed by atoms with E-state index in [1.54, 1.807) is 28.2 Å². The average molecular weight is 358 g/mol. The van der Waals surface area contributed by atoms with Gasteiger partial charge in [-0.05, 0) is 0 Å². The maximum absolute atomic E-state index is 12.8. The highest BCUT2D eigenvalue weighted by atomic mass is 16.5. The zero-order chi connectivity index (χ0) is 18.1. The van der Waals surface area contributed by atoms with Gasteiger partial charge >= 0.3 is 0 Å². The molecule has 1 unspecified atom stereocenters. The van der Waals surface area contributed by atoms with Gasteiger partial charge in [-0.2, -0.15) is 10.1 Å². The number of hydrogen-bond donors (Lipinski definition) is 0. The lowest BCUT2D eigenvalue weighted by Crippen LogP contribution is -2.31. The third-order valence-electron chi connectivity index (χ3n) is 4.55. The van der Waals surface area contributed by atoms with Crippen molar-refractivity contribution in [3.8, 4) is 11.8 Å². The highest BCUT2D eigenvalue weighted by Crippen LogP contribution is 2.26. The summed E-state index contributed by atoms with van der Waals surface area (Å²) in [7, 11) is 3.80. The number of carbonyl (C=O) groups excluding carboxylic acids is 1. The topological polar surface area (TPSA) is 85.6 Å². The van der Waals surface area contributed by atoms with Gasteiger partial charge in [0.1, 0.15) is 11.7 Å². The summed E-state index contributed by atoms with van der Waals surface area (Å²) in [5.74, 6) is 1.72. The number of hydrogen-bond acceptors (Lipinski definition) is 7. The zero-order valence-electron chi connectivity index (χ0n) is 15.0. The number of amides is 1. The van der Waals surface area contributed by atoms with Crippen LogP contribution in [0, 0.1) is 0 Å². The Morgan fingerprint density at radius 3 is 3.04 bits per heavy atom. The number of aromatic nitrogens is 4. The molecular formula is C17H22N6O3. The van der Waals surface area contributed by atoms with E-state index in [4.69, 9.17) is 9.47 Å². The molecule has 0 bridgehead atoms. The number of rotatable bonds is 4. The molecule has 2 aromatic rings. The molecule has 0 saturated carbocycles. The molecular weight excluding hydrogens is 336 g/mol. The van der Waals surface area contributed by atoms with Gasteiger partial charge in [-0.15, -0.1) is 0 Å². The van der Waals surface area contributed by atoms with Crippen LogP contribution < -0.4 is 14.4 Å². The second kappa shape index (κ2) is 6.81. The van der Waals surface area contributed by atoms with Gasteiger partial charge in [-0.1, -0.05) is 0 Å². The summed E-state index contributed by atoms with van der Waals surface area (Å²) in [4.78, 5) is 25.0. The smallest absolute Gasteiger partial charge is 0.261 e. The molecule has 0 N–H and O–H groups in total. The Morgan fingerprint density at radius 2 is 2.19 bits per heavy atom. The van der Waals surface area contributed by atoms with Crippen LogP contribution in [-0.2, 0) is 6.54 Å². The molecule has 26 heavy (non-hydrogen) atoms. The van der Waals surface area contributed by atoms with Crippen LogP contribution in [0.4, 0.5) is 5.82 Å². The Morgan fingerprint density at radius 1 is 1.31 bits per heavy atom. The number of nitrogens with zero attached hydrogens (tertiary/aromatic N) is 6. The summed E-state index contributed by atoms with van der Waals surface area (Å²) in [5, 5.41) is 4.25. The highest BCUT2D eigenvalue weighted by Gasteiger charge is 2.32. The number of anilines is 1. The molecule has 1 fully saturated rings. The maximum Gasteiger partial charge on any atom is 0.261 e. The molecule has 138 valence electrons. The van der Waals surface area contributed by atoms with Crippen molar-refractivity contribution in [2.75, 3.05) is 38.7 Å². The highest BCUT2D eigenvalue weighted by molar-refractivity contribution is 5.96. The normalized spacial score (nSPS) is 19.0. The van der Waals surface area contributed by atoms with Crippen LogP contribution in [0.3, 0.4) is 0 Å². The minimum atomic E-state index is -0.0991. The predicted molar refractivity (Wildman–Crippen MR) is 93.6 cm³/mol. The first-order valence-electron chi connectivity index (χ1n) is 8.76. The van der Waals surface area contributed by atoms with Crippen LogP contribution in [0.1, 0.15) is 23.2 Å². The summed E-state index contributed by atoms with van der Waals surface area (Å²) in [6.45, 7) is 2.56. The Hall–Kier alpha value is -2.84. The van der Waals surface area contributed by atoms with E-state index in [1.165, 1.54) is 0 Å². The largest absolute Gasteiger partial charge is 0.477 e. The van der Waals surface area contributed by atoms with E-state index in [-0.39, 0.29) is 12.0 Å². The van der Waals surface area contributed by atoms with E-state index in [9.17, 15) is 4.79 Å². The van der Waals surface area contributed by atoms with Crippen molar-refractivity contribution in [2.45, 2.75) is 25.5 Å². The quantitative estimate of drug-likeness (QED) is 0.800. The Labute approximate surface area is 151 Å². The van der Waals surface area contributed by atoms with Crippen LogP contribution in [0.5, 0.6) is 11.8 Å². The van der Waals surface area contributed by atoms with E-state index >= 15 is 0 Å². The van der Waals surface area contributed by atoms with Crippen molar-refractivity contribution in [3.05, 3.63) is 24.2 Å². The molecule has 0 radical (unpaired) electrons. The zero-order valence-corrected chi connectivity index (χ0v) is 15.0. The lowest BCUT2D eigenvalue weighted by molar-refractivity contribution is 0.0764. The number of fused-ring (bicyclic) bond motifs is 1. The van der Waals surface area contributed by atoms with Gasteiger partial charge in [0.15, 0.2) is 5.82 Å². The van der Waals surface area contributed by atoms with Gasteiger partial charge in [-0.25, -0.2) is 4.68 Å². The number of aryl methyl sites for hydroxylation is 1. The predicted octanol–water partition coefficient (Wildman–Crippen LogP) is 0.815. The van der Waals surface area contributed by atoms with E-state index in [1.807, 2.05) is 19.0 Å². The Kier molecular flexibility index (Phi) is 4.36. The first-order valence-corrected chi connectivity index (χ1v) is 8.76. The molecule has 2 aliphatic heterocycles. The van der Waals surface area contributed by atoms with Gasteiger partial charge in [0.2, 0.25) is 11.8 Å². The molecule has 0 aromatic carbocycles. The summed E-state index contributed by atoms with van der Waals surface area (Å²) < 4.78 is 13.3. The molecule has 0 aliphatic carbocycles. The number of carbonyl (C=O) groups is 1. The molecule has 4 heterocycles. The molecule has 1 amide bonds. The fourth-order valence-corrected chi connectivity index (χ4v) is 3.18. The van der Waals surface area contributed by atoms with Gasteiger partial charge in [-0.3, -0.25) is 9.78 Å². The van der Waals surface area contributed by atoms with Crippen molar-refractivity contribution in [2.24, 2.45) is 0 Å². The first kappa shape index (κ1) is 16.6. The third kappa shape index (κ3) is 3.16. The molecule has 1 atom stereocenters. The fraction of sp³-hybridized carbons (Fsp3) is 0.529. The minimum Gasteiger partial charge on any atom is -0.477 e. The number of ether oxygens (including phenoxy) is 2. The van der Waals surface area contributed by atoms with E-state index in [2.05, 4.69) is 15.1 Å². The monoisotopic (exact) mass is 358 g/mol. The third-order valence-corrected chi connectivity index (χ3v) is 4.55. The van der Waals surface area contributed by atoms with Crippen LogP contribution in [0.15, 0.2) is 18.6 Å². The van der Waals surface area contributed by atoms with Crippen LogP contribution in [0.2, 0.25) is 0 Å². The molecule has 9 heteroatoms. The summed E-state index contributed by atoms with van der Waals surface area (Å²) in [5.41, 5.74) is 0.528. The van der Waals surface area contributed by atoms with Crippen molar-refractivity contribution < 1.29 is 14.3 Å². The van der Waals surface area contributed by atoms with Gasteiger partial charge in [0.25, 0.3) is 5.91 Å². The van der Waals surface area contributed by atoms with Crippen LogP contribution in [0.25, 0.3) is 0 Å². The molecule has 0 spiro atoms. The Balaban J connectivity index is 1.41. The second-order valence-corrected chi connectivity index (χ2v) is 6.68. The second-order valence-electron chi connectivity index (χ2n) is 6.68. The molecule has 2 aliphatic rings. The average Bonchev–Trinajstić information content (AvgIpc) is 3.28. The van der Waals surface area contributed by atoms with Crippen LogP contribution in [-0.4, -0.2) is 70.5 Å². The summed E-state index contributed by atoms with van der Waals surface area (Å²) in [6.07, 6.45) is 6.44. The van der Waals surface area contributed by atoms with Gasteiger partial charge in [0.05, 0.1) is 31.7 Å². The van der Waals surface area contributed by atoms with Crippen molar-refractivity contribution in [1.29, 1.82) is 0 Å².